The maximum absolute atomic E-state index is 13.6. The molecule has 2 aromatic rings. The zero-order valence-corrected chi connectivity index (χ0v) is 11.6. The molecule has 104 valence electrons. The molecule has 4 nitrogen and oxygen atoms in total. The van der Waals surface area contributed by atoms with Crippen LogP contribution in [0.4, 0.5) is 4.39 Å². The maximum atomic E-state index is 13.6. The van der Waals surface area contributed by atoms with E-state index in [4.69, 9.17) is 5.26 Å². The van der Waals surface area contributed by atoms with Crippen LogP contribution < -0.4 is 5.32 Å². The summed E-state index contributed by atoms with van der Waals surface area (Å²) in [6.45, 7) is 5.11. The zero-order valence-electron chi connectivity index (χ0n) is 11.6. The van der Waals surface area contributed by atoms with Crippen LogP contribution in [0, 0.1) is 24.1 Å². The summed E-state index contributed by atoms with van der Waals surface area (Å²) in [5.74, 6) is -0.293. The van der Waals surface area contributed by atoms with Gasteiger partial charge in [0.1, 0.15) is 5.82 Å². The van der Waals surface area contributed by atoms with E-state index in [0.29, 0.717) is 24.2 Å². The minimum atomic E-state index is -0.293. The lowest BCUT2D eigenvalue weighted by Crippen LogP contribution is -2.30. The number of nitrogens with one attached hydrogen (secondary N) is 1. The van der Waals surface area contributed by atoms with Gasteiger partial charge in [0, 0.05) is 24.3 Å². The van der Waals surface area contributed by atoms with Crippen LogP contribution in [0.25, 0.3) is 0 Å². The smallest absolute Gasteiger partial charge is 0.127 e. The highest BCUT2D eigenvalue weighted by atomic mass is 19.1. The van der Waals surface area contributed by atoms with Gasteiger partial charge in [-0.3, -0.25) is 4.68 Å². The largest absolute Gasteiger partial charge is 0.308 e. The number of aryl methyl sites for hydroxylation is 1. The number of halogens is 1. The molecule has 0 bridgehead atoms. The Morgan fingerprint density at radius 2 is 2.30 bits per heavy atom. The third-order valence-corrected chi connectivity index (χ3v) is 3.04. The van der Waals surface area contributed by atoms with Gasteiger partial charge in [0.05, 0.1) is 24.4 Å². The summed E-state index contributed by atoms with van der Waals surface area (Å²) in [7, 11) is 0. The highest BCUT2D eigenvalue weighted by Crippen LogP contribution is 2.10. The fraction of sp³-hybridized carbons (Fsp3) is 0.333. The lowest BCUT2D eigenvalue weighted by atomic mass is 10.1. The second-order valence-corrected chi connectivity index (χ2v) is 4.94. The first kappa shape index (κ1) is 14.2. The molecule has 0 spiro atoms. The van der Waals surface area contributed by atoms with Gasteiger partial charge in [-0.2, -0.15) is 10.4 Å². The molecule has 0 saturated carbocycles. The molecule has 2 rings (SSSR count). The topological polar surface area (TPSA) is 53.6 Å². The van der Waals surface area contributed by atoms with Crippen LogP contribution >= 0.6 is 0 Å². The van der Waals surface area contributed by atoms with Crippen molar-refractivity contribution in [3.8, 4) is 6.07 Å². The van der Waals surface area contributed by atoms with Gasteiger partial charge in [0.15, 0.2) is 0 Å². The first-order valence-electron chi connectivity index (χ1n) is 6.49. The summed E-state index contributed by atoms with van der Waals surface area (Å²) in [5.41, 5.74) is 2.09. The van der Waals surface area contributed by atoms with E-state index < -0.39 is 0 Å². The summed E-state index contributed by atoms with van der Waals surface area (Å²) in [4.78, 5) is 0. The molecule has 0 aliphatic carbocycles. The van der Waals surface area contributed by atoms with Crippen molar-refractivity contribution in [3.05, 3.63) is 53.1 Å². The van der Waals surface area contributed by atoms with Crippen LogP contribution in [0.1, 0.15) is 23.6 Å². The standard InChI is InChI=1S/C15H17FN4/c1-11-7-19-20(9-11)10-12(2)18-8-14-5-13(6-17)3-4-15(14)16/h3-5,7,9,12,18H,8,10H2,1-2H3/t12-/m0/s1. The zero-order chi connectivity index (χ0) is 14.5. The molecule has 0 aliphatic rings. The molecule has 0 saturated heterocycles. The average Bonchev–Trinajstić information content (AvgIpc) is 2.83. The van der Waals surface area contributed by atoms with E-state index in [0.717, 1.165) is 5.56 Å². The Labute approximate surface area is 117 Å². The van der Waals surface area contributed by atoms with E-state index >= 15 is 0 Å². The van der Waals surface area contributed by atoms with Crippen LogP contribution in [0.5, 0.6) is 0 Å². The van der Waals surface area contributed by atoms with Gasteiger partial charge in [-0.15, -0.1) is 0 Å². The van der Waals surface area contributed by atoms with Crippen molar-refractivity contribution in [2.45, 2.75) is 33.0 Å². The lowest BCUT2D eigenvalue weighted by Gasteiger charge is -2.14. The molecule has 1 N–H and O–H groups in total. The number of aromatic nitrogens is 2. The van der Waals surface area contributed by atoms with Crippen molar-refractivity contribution in [2.75, 3.05) is 0 Å². The van der Waals surface area contributed by atoms with Crippen LogP contribution in [0.3, 0.4) is 0 Å². The molecule has 1 atom stereocenters. The normalized spacial score (nSPS) is 12.1. The number of nitriles is 1. The van der Waals surface area contributed by atoms with Gasteiger partial charge in [-0.1, -0.05) is 0 Å². The van der Waals surface area contributed by atoms with E-state index in [1.807, 2.05) is 37.0 Å². The Balaban J connectivity index is 1.93. The minimum absolute atomic E-state index is 0.152. The minimum Gasteiger partial charge on any atom is -0.308 e. The van der Waals surface area contributed by atoms with Crippen molar-refractivity contribution in [2.24, 2.45) is 0 Å². The maximum Gasteiger partial charge on any atom is 0.127 e. The summed E-state index contributed by atoms with van der Waals surface area (Å²) in [6, 6.07) is 6.56. The Bertz CT molecular complexity index is 627. The monoisotopic (exact) mass is 272 g/mol. The van der Waals surface area contributed by atoms with Crippen LogP contribution in [-0.4, -0.2) is 15.8 Å². The van der Waals surface area contributed by atoms with Gasteiger partial charge in [0.2, 0.25) is 0 Å². The van der Waals surface area contributed by atoms with E-state index in [-0.39, 0.29) is 11.9 Å². The fourth-order valence-corrected chi connectivity index (χ4v) is 1.98. The predicted molar refractivity (Wildman–Crippen MR) is 74.4 cm³/mol. The molecule has 0 fully saturated rings. The molecule has 0 amide bonds. The van der Waals surface area contributed by atoms with Gasteiger partial charge in [-0.05, 0) is 37.6 Å². The summed E-state index contributed by atoms with van der Waals surface area (Å²) in [6.07, 6.45) is 3.78. The second-order valence-electron chi connectivity index (χ2n) is 4.94. The molecule has 1 aromatic carbocycles. The summed E-state index contributed by atoms with van der Waals surface area (Å²) in [5, 5.41) is 16.3. The molecule has 0 radical (unpaired) electrons. The highest BCUT2D eigenvalue weighted by molar-refractivity contribution is 5.33. The number of hydrogen-bond acceptors (Lipinski definition) is 3. The molecule has 0 unspecified atom stereocenters. The van der Waals surface area contributed by atoms with Crippen molar-refractivity contribution >= 4 is 0 Å². The first-order chi connectivity index (χ1) is 9.58. The quantitative estimate of drug-likeness (QED) is 0.909. The third kappa shape index (κ3) is 3.65. The lowest BCUT2D eigenvalue weighted by molar-refractivity contribution is 0.445. The molecule has 5 heteroatoms. The SMILES string of the molecule is Cc1cnn(C[C@H](C)NCc2cc(C#N)ccc2F)c1. The number of hydrogen-bond donors (Lipinski definition) is 1. The van der Waals surface area contributed by atoms with Gasteiger partial charge in [-0.25, -0.2) is 4.39 Å². The number of rotatable bonds is 5. The molecular formula is C15H17FN4. The first-order valence-corrected chi connectivity index (χ1v) is 6.49. The van der Waals surface area contributed by atoms with Gasteiger partial charge < -0.3 is 5.32 Å². The van der Waals surface area contributed by atoms with Gasteiger partial charge in [0.25, 0.3) is 0 Å². The van der Waals surface area contributed by atoms with Gasteiger partial charge >= 0.3 is 0 Å². The number of nitrogens with zero attached hydrogens (tertiary/aromatic N) is 3. The Morgan fingerprint density at radius 1 is 1.50 bits per heavy atom. The van der Waals surface area contributed by atoms with Crippen molar-refractivity contribution < 1.29 is 4.39 Å². The second kappa shape index (κ2) is 6.31. The molecule has 0 aliphatic heterocycles. The predicted octanol–water partition coefficient (Wildman–Crippen LogP) is 2.38. The van der Waals surface area contributed by atoms with Crippen LogP contribution in [0.2, 0.25) is 0 Å². The Morgan fingerprint density at radius 3 is 2.95 bits per heavy atom. The number of benzene rings is 1. The third-order valence-electron chi connectivity index (χ3n) is 3.04. The molecular weight excluding hydrogens is 255 g/mol. The summed E-state index contributed by atoms with van der Waals surface area (Å²) >= 11 is 0. The highest BCUT2D eigenvalue weighted by Gasteiger charge is 2.07. The van der Waals surface area contributed by atoms with E-state index in [9.17, 15) is 4.39 Å². The van der Waals surface area contributed by atoms with E-state index in [2.05, 4.69) is 10.4 Å². The fourth-order valence-electron chi connectivity index (χ4n) is 1.98. The molecule has 20 heavy (non-hydrogen) atoms. The van der Waals surface area contributed by atoms with E-state index in [1.54, 1.807) is 6.07 Å². The van der Waals surface area contributed by atoms with Crippen molar-refractivity contribution in [3.63, 3.8) is 0 Å². The molecule has 1 aromatic heterocycles. The van der Waals surface area contributed by atoms with Crippen molar-refractivity contribution in [1.82, 2.24) is 15.1 Å². The van der Waals surface area contributed by atoms with E-state index in [1.165, 1.54) is 12.1 Å². The van der Waals surface area contributed by atoms with Crippen LogP contribution in [-0.2, 0) is 13.1 Å². The average molecular weight is 272 g/mol. The van der Waals surface area contributed by atoms with Crippen molar-refractivity contribution in [1.29, 1.82) is 5.26 Å². The Hall–Kier alpha value is -2.19. The summed E-state index contributed by atoms with van der Waals surface area (Å²) < 4.78 is 15.5. The van der Waals surface area contributed by atoms with Crippen LogP contribution in [0.15, 0.2) is 30.6 Å². The molecule has 1 heterocycles. The Kier molecular flexibility index (Phi) is 4.49.